The molecular weight excluding hydrogens is 237 g/mol. The molecule has 0 aliphatic rings. The lowest BCUT2D eigenvalue weighted by Gasteiger charge is -2.08. The molecule has 0 radical (unpaired) electrons. The predicted octanol–water partition coefficient (Wildman–Crippen LogP) is 2.82. The van der Waals surface area contributed by atoms with Crippen molar-refractivity contribution in [2.45, 2.75) is 6.36 Å². The zero-order valence-electron chi connectivity index (χ0n) is 8.36. The van der Waals surface area contributed by atoms with Crippen LogP contribution in [0.3, 0.4) is 0 Å². The van der Waals surface area contributed by atoms with Crippen molar-refractivity contribution in [2.75, 3.05) is 5.73 Å². The van der Waals surface area contributed by atoms with Crippen LogP contribution in [0.5, 0.6) is 5.75 Å². The lowest BCUT2D eigenvalue weighted by molar-refractivity contribution is -0.274. The van der Waals surface area contributed by atoms with E-state index in [9.17, 15) is 13.2 Å². The zero-order valence-corrected chi connectivity index (χ0v) is 8.36. The van der Waals surface area contributed by atoms with E-state index in [0.29, 0.717) is 11.3 Å². The minimum Gasteiger partial charge on any atom is -0.406 e. The summed E-state index contributed by atoms with van der Waals surface area (Å²) in [4.78, 5) is 0. The molecule has 0 atom stereocenters. The third kappa shape index (κ3) is 2.90. The Morgan fingerprint density at radius 1 is 1.24 bits per heavy atom. The fourth-order valence-electron chi connectivity index (χ4n) is 1.28. The monoisotopic (exact) mass is 244 g/mol. The first-order chi connectivity index (χ1) is 7.94. The van der Waals surface area contributed by atoms with Crippen LogP contribution in [0.15, 0.2) is 34.9 Å². The van der Waals surface area contributed by atoms with Crippen molar-refractivity contribution in [1.29, 1.82) is 0 Å². The maximum Gasteiger partial charge on any atom is 0.573 e. The van der Waals surface area contributed by atoms with E-state index in [2.05, 4.69) is 14.4 Å². The van der Waals surface area contributed by atoms with Crippen molar-refractivity contribution in [3.63, 3.8) is 0 Å². The summed E-state index contributed by atoms with van der Waals surface area (Å²) in [6.07, 6.45) is -4.72. The molecule has 0 aliphatic heterocycles. The van der Waals surface area contributed by atoms with Crippen molar-refractivity contribution < 1.29 is 22.4 Å². The topological polar surface area (TPSA) is 61.3 Å². The van der Waals surface area contributed by atoms with Gasteiger partial charge in [-0.1, -0.05) is 17.3 Å². The van der Waals surface area contributed by atoms with Gasteiger partial charge in [-0.3, -0.25) is 0 Å². The SMILES string of the molecule is Nc1cc(-c2cccc(OC(F)(F)F)c2)no1. The van der Waals surface area contributed by atoms with Gasteiger partial charge in [-0.2, -0.15) is 0 Å². The summed E-state index contributed by atoms with van der Waals surface area (Å²) in [6, 6.07) is 6.79. The minimum absolute atomic E-state index is 0.0853. The molecule has 4 nitrogen and oxygen atoms in total. The standard InChI is InChI=1S/C10H7F3N2O2/c11-10(12,13)16-7-3-1-2-6(4-7)8-5-9(14)17-15-8/h1-5H,14H2. The van der Waals surface area contributed by atoms with Gasteiger partial charge in [-0.15, -0.1) is 13.2 Å². The summed E-state index contributed by atoms with van der Waals surface area (Å²) in [6.45, 7) is 0. The molecule has 0 unspecified atom stereocenters. The summed E-state index contributed by atoms with van der Waals surface area (Å²) in [5.41, 5.74) is 6.08. The molecule has 0 amide bonds. The number of hydrogen-bond donors (Lipinski definition) is 1. The maximum absolute atomic E-state index is 12.0. The molecular formula is C10H7F3N2O2. The van der Waals surface area contributed by atoms with Gasteiger partial charge >= 0.3 is 6.36 Å². The number of hydrogen-bond acceptors (Lipinski definition) is 4. The molecule has 0 bridgehead atoms. The first kappa shape index (κ1) is 11.3. The molecule has 90 valence electrons. The van der Waals surface area contributed by atoms with E-state index in [1.807, 2.05) is 0 Å². The number of nitrogens with two attached hydrogens (primary N) is 1. The number of benzene rings is 1. The number of halogens is 3. The molecule has 0 saturated heterocycles. The molecule has 1 heterocycles. The summed E-state index contributed by atoms with van der Waals surface area (Å²) >= 11 is 0. The number of aromatic nitrogens is 1. The number of anilines is 1. The lowest BCUT2D eigenvalue weighted by Crippen LogP contribution is -2.17. The van der Waals surface area contributed by atoms with Gasteiger partial charge in [0.25, 0.3) is 0 Å². The predicted molar refractivity (Wildman–Crippen MR) is 53.0 cm³/mol. The van der Waals surface area contributed by atoms with Crippen LogP contribution in [-0.4, -0.2) is 11.5 Å². The van der Waals surface area contributed by atoms with E-state index >= 15 is 0 Å². The van der Waals surface area contributed by atoms with Gasteiger partial charge in [-0.25, -0.2) is 0 Å². The molecule has 0 spiro atoms. The van der Waals surface area contributed by atoms with Gasteiger partial charge in [0, 0.05) is 11.6 Å². The molecule has 2 N–H and O–H groups in total. The van der Waals surface area contributed by atoms with Crippen LogP contribution in [0.25, 0.3) is 11.3 Å². The highest BCUT2D eigenvalue weighted by atomic mass is 19.4. The quantitative estimate of drug-likeness (QED) is 0.882. The maximum atomic E-state index is 12.0. The van der Waals surface area contributed by atoms with Gasteiger partial charge in [0.1, 0.15) is 11.4 Å². The smallest absolute Gasteiger partial charge is 0.406 e. The van der Waals surface area contributed by atoms with Crippen LogP contribution in [-0.2, 0) is 0 Å². The number of nitrogen functional groups attached to an aromatic ring is 1. The van der Waals surface area contributed by atoms with Crippen LogP contribution in [0.1, 0.15) is 0 Å². The first-order valence-corrected chi connectivity index (χ1v) is 4.52. The highest BCUT2D eigenvalue weighted by Gasteiger charge is 2.31. The molecule has 0 aliphatic carbocycles. The number of nitrogens with zero attached hydrogens (tertiary/aromatic N) is 1. The molecule has 0 fully saturated rings. The average molecular weight is 244 g/mol. The molecule has 1 aromatic carbocycles. The van der Waals surface area contributed by atoms with E-state index in [4.69, 9.17) is 5.73 Å². The van der Waals surface area contributed by atoms with Crippen LogP contribution in [0, 0.1) is 0 Å². The van der Waals surface area contributed by atoms with E-state index in [1.165, 1.54) is 24.3 Å². The van der Waals surface area contributed by atoms with Crippen LogP contribution >= 0.6 is 0 Å². The van der Waals surface area contributed by atoms with E-state index in [1.54, 1.807) is 6.07 Å². The molecule has 1 aromatic heterocycles. The Balaban J connectivity index is 2.29. The van der Waals surface area contributed by atoms with Gasteiger partial charge in [0.15, 0.2) is 0 Å². The first-order valence-electron chi connectivity index (χ1n) is 4.52. The normalized spacial score (nSPS) is 11.5. The average Bonchev–Trinajstić information content (AvgIpc) is 2.63. The second-order valence-electron chi connectivity index (χ2n) is 3.19. The van der Waals surface area contributed by atoms with Gasteiger partial charge < -0.3 is 15.0 Å². The van der Waals surface area contributed by atoms with Crippen molar-refractivity contribution in [2.24, 2.45) is 0 Å². The molecule has 17 heavy (non-hydrogen) atoms. The third-order valence-electron chi connectivity index (χ3n) is 1.89. The fraction of sp³-hybridized carbons (Fsp3) is 0.100. The zero-order chi connectivity index (χ0) is 12.5. The Hall–Kier alpha value is -2.18. The molecule has 2 rings (SSSR count). The van der Waals surface area contributed by atoms with Crippen LogP contribution in [0.4, 0.5) is 19.1 Å². The summed E-state index contributed by atoms with van der Waals surface area (Å²) in [5, 5.41) is 3.59. The number of alkyl halides is 3. The molecule has 0 saturated carbocycles. The van der Waals surface area contributed by atoms with Gasteiger partial charge in [0.05, 0.1) is 0 Å². The van der Waals surface area contributed by atoms with Crippen molar-refractivity contribution >= 4 is 5.88 Å². The van der Waals surface area contributed by atoms with Gasteiger partial charge in [-0.05, 0) is 12.1 Å². The lowest BCUT2D eigenvalue weighted by atomic mass is 10.1. The van der Waals surface area contributed by atoms with Crippen LogP contribution in [0.2, 0.25) is 0 Å². The molecule has 7 heteroatoms. The van der Waals surface area contributed by atoms with Gasteiger partial charge in [0.2, 0.25) is 5.88 Å². The Morgan fingerprint density at radius 2 is 2.00 bits per heavy atom. The highest BCUT2D eigenvalue weighted by molar-refractivity contribution is 5.62. The fourth-order valence-corrected chi connectivity index (χ4v) is 1.28. The van der Waals surface area contributed by atoms with Crippen molar-refractivity contribution in [3.05, 3.63) is 30.3 Å². The number of rotatable bonds is 2. The summed E-state index contributed by atoms with van der Waals surface area (Å²) in [5.74, 6) is -0.237. The van der Waals surface area contributed by atoms with Crippen molar-refractivity contribution in [1.82, 2.24) is 5.16 Å². The Kier molecular flexibility index (Phi) is 2.66. The summed E-state index contributed by atoms with van der Waals surface area (Å²) < 4.78 is 44.4. The van der Waals surface area contributed by atoms with E-state index in [-0.39, 0.29) is 11.6 Å². The molecule has 2 aromatic rings. The van der Waals surface area contributed by atoms with E-state index in [0.717, 1.165) is 0 Å². The third-order valence-corrected chi connectivity index (χ3v) is 1.89. The largest absolute Gasteiger partial charge is 0.573 e. The Bertz CT molecular complexity index is 522. The second kappa shape index (κ2) is 4.00. The Labute approximate surface area is 93.8 Å². The summed E-state index contributed by atoms with van der Waals surface area (Å²) in [7, 11) is 0. The van der Waals surface area contributed by atoms with E-state index < -0.39 is 6.36 Å². The Morgan fingerprint density at radius 3 is 2.59 bits per heavy atom. The van der Waals surface area contributed by atoms with Crippen LogP contribution < -0.4 is 10.5 Å². The second-order valence-corrected chi connectivity index (χ2v) is 3.19. The minimum atomic E-state index is -4.72. The number of ether oxygens (including phenoxy) is 1. The van der Waals surface area contributed by atoms with Crippen molar-refractivity contribution in [3.8, 4) is 17.0 Å². The highest BCUT2D eigenvalue weighted by Crippen LogP contribution is 2.27.